The molecule has 22 heavy (non-hydrogen) atoms. The molecule has 0 aliphatic carbocycles. The Hall–Kier alpha value is -1.44. The number of hydrogen-bond acceptors (Lipinski definition) is 6. The predicted molar refractivity (Wildman–Crippen MR) is 92.3 cm³/mol. The lowest BCUT2D eigenvalue weighted by molar-refractivity contribution is -0.121. The van der Waals surface area contributed by atoms with E-state index in [4.69, 9.17) is 10.5 Å². The lowest BCUT2D eigenvalue weighted by atomic mass is 10.2. The van der Waals surface area contributed by atoms with E-state index < -0.39 is 0 Å². The number of thiazole rings is 1. The number of amides is 1. The fourth-order valence-corrected chi connectivity index (χ4v) is 3.60. The van der Waals surface area contributed by atoms with Gasteiger partial charge in [-0.25, -0.2) is 4.98 Å². The average molecular weight is 339 g/mol. The maximum Gasteiger partial charge on any atom is 0.220 e. The van der Waals surface area contributed by atoms with Crippen LogP contribution in [0.15, 0.2) is 17.5 Å². The van der Waals surface area contributed by atoms with Crippen molar-refractivity contribution in [3.63, 3.8) is 0 Å². The van der Waals surface area contributed by atoms with E-state index in [0.29, 0.717) is 31.1 Å². The molecule has 0 aromatic carbocycles. The monoisotopic (exact) mass is 339 g/mol. The maximum atomic E-state index is 11.9. The van der Waals surface area contributed by atoms with Crippen molar-refractivity contribution in [2.24, 2.45) is 0 Å². The third-order valence-corrected chi connectivity index (χ3v) is 4.74. The molecular formula is C15H21N3O2S2. The molecule has 5 nitrogen and oxygen atoms in total. The van der Waals surface area contributed by atoms with Gasteiger partial charge in [0.25, 0.3) is 0 Å². The Morgan fingerprint density at radius 1 is 1.50 bits per heavy atom. The number of ether oxygens (including phenoxy) is 1. The zero-order chi connectivity index (χ0) is 15.9. The second kappa shape index (κ2) is 8.26. The van der Waals surface area contributed by atoms with Crippen LogP contribution in [0.3, 0.4) is 0 Å². The molecule has 0 radical (unpaired) electrons. The van der Waals surface area contributed by atoms with Gasteiger partial charge in [0.1, 0.15) is 0 Å². The van der Waals surface area contributed by atoms with Crippen LogP contribution < -0.4 is 11.1 Å². The van der Waals surface area contributed by atoms with Gasteiger partial charge in [-0.1, -0.05) is 6.07 Å². The number of aromatic nitrogens is 1. The first-order valence-corrected chi connectivity index (χ1v) is 8.93. The van der Waals surface area contributed by atoms with E-state index in [1.54, 1.807) is 11.3 Å². The van der Waals surface area contributed by atoms with E-state index in [9.17, 15) is 4.79 Å². The van der Waals surface area contributed by atoms with Crippen molar-refractivity contribution in [2.45, 2.75) is 32.8 Å². The summed E-state index contributed by atoms with van der Waals surface area (Å²) >= 11 is 3.08. The molecule has 3 N–H and O–H groups in total. The van der Waals surface area contributed by atoms with Crippen LogP contribution in [0.5, 0.6) is 0 Å². The molecule has 7 heteroatoms. The summed E-state index contributed by atoms with van der Waals surface area (Å²) in [6, 6.07) is 4.01. The lowest BCUT2D eigenvalue weighted by Crippen LogP contribution is -2.28. The molecule has 2 heterocycles. The summed E-state index contributed by atoms with van der Waals surface area (Å²) in [5, 5.41) is 5.42. The first kappa shape index (κ1) is 16.9. The topological polar surface area (TPSA) is 77.2 Å². The minimum atomic E-state index is 0.0245. The van der Waals surface area contributed by atoms with Crippen LogP contribution in [0.25, 0.3) is 10.6 Å². The van der Waals surface area contributed by atoms with Crippen molar-refractivity contribution in [3.8, 4) is 10.6 Å². The number of rotatable bonds is 8. The molecule has 0 unspecified atom stereocenters. The number of nitrogens with one attached hydrogen (secondary N) is 1. The van der Waals surface area contributed by atoms with Gasteiger partial charge in [-0.15, -0.1) is 22.7 Å². The minimum Gasteiger partial charge on any atom is -0.377 e. The van der Waals surface area contributed by atoms with E-state index in [-0.39, 0.29) is 12.0 Å². The Bertz CT molecular complexity index is 594. The standard InChI is InChI=1S/C15H21N3O2S2/c1-10(2)20-8-7-17-13(19)6-5-12-14(18-15(16)22-12)11-4-3-9-21-11/h3-4,9-10H,5-8H2,1-2H3,(H2,16,18)(H,17,19). The molecule has 0 aliphatic rings. The molecule has 2 aromatic heterocycles. The smallest absolute Gasteiger partial charge is 0.220 e. The highest BCUT2D eigenvalue weighted by atomic mass is 32.1. The van der Waals surface area contributed by atoms with Gasteiger partial charge in [0.05, 0.1) is 23.3 Å². The molecular weight excluding hydrogens is 318 g/mol. The summed E-state index contributed by atoms with van der Waals surface area (Å²) in [6.45, 7) is 5.03. The summed E-state index contributed by atoms with van der Waals surface area (Å²) in [5.74, 6) is 0.0245. The summed E-state index contributed by atoms with van der Waals surface area (Å²) in [7, 11) is 0. The number of nitrogen functional groups attached to an aromatic ring is 1. The molecule has 120 valence electrons. The molecule has 0 saturated heterocycles. The van der Waals surface area contributed by atoms with Crippen LogP contribution in [-0.4, -0.2) is 30.1 Å². The van der Waals surface area contributed by atoms with Gasteiger partial charge in [0.2, 0.25) is 5.91 Å². The molecule has 2 rings (SSSR count). The van der Waals surface area contributed by atoms with Gasteiger partial charge in [-0.2, -0.15) is 0 Å². The molecule has 0 aliphatic heterocycles. The zero-order valence-electron chi connectivity index (χ0n) is 12.8. The second-order valence-corrected chi connectivity index (χ2v) is 7.13. The van der Waals surface area contributed by atoms with Crippen molar-refractivity contribution in [3.05, 3.63) is 22.4 Å². The van der Waals surface area contributed by atoms with Gasteiger partial charge in [0.15, 0.2) is 5.13 Å². The normalized spacial score (nSPS) is 11.0. The number of carbonyl (C=O) groups excluding carboxylic acids is 1. The van der Waals surface area contributed by atoms with Crippen LogP contribution in [-0.2, 0) is 16.0 Å². The van der Waals surface area contributed by atoms with E-state index in [0.717, 1.165) is 15.4 Å². The number of hydrogen-bond donors (Lipinski definition) is 2. The summed E-state index contributed by atoms with van der Waals surface area (Å²) in [6.07, 6.45) is 1.27. The number of nitrogens with zero attached hydrogens (tertiary/aromatic N) is 1. The predicted octanol–water partition coefficient (Wildman–Crippen LogP) is 2.93. The van der Waals surface area contributed by atoms with Crippen LogP contribution in [0.1, 0.15) is 25.1 Å². The largest absolute Gasteiger partial charge is 0.377 e. The molecule has 0 saturated carbocycles. The van der Waals surface area contributed by atoms with E-state index in [2.05, 4.69) is 10.3 Å². The number of carbonyl (C=O) groups is 1. The summed E-state index contributed by atoms with van der Waals surface area (Å²) in [5.41, 5.74) is 6.72. The number of aryl methyl sites for hydroxylation is 1. The first-order valence-electron chi connectivity index (χ1n) is 7.23. The van der Waals surface area contributed by atoms with Crippen molar-refractivity contribution in [2.75, 3.05) is 18.9 Å². The molecule has 0 spiro atoms. The Kier molecular flexibility index (Phi) is 6.35. The van der Waals surface area contributed by atoms with Gasteiger partial charge in [0, 0.05) is 17.8 Å². The zero-order valence-corrected chi connectivity index (χ0v) is 14.4. The highest BCUT2D eigenvalue weighted by Crippen LogP contribution is 2.33. The third kappa shape index (κ3) is 5.08. The second-order valence-electron chi connectivity index (χ2n) is 5.07. The Morgan fingerprint density at radius 3 is 3.00 bits per heavy atom. The minimum absolute atomic E-state index is 0.0245. The molecule has 0 fully saturated rings. The third-order valence-electron chi connectivity index (χ3n) is 2.92. The average Bonchev–Trinajstić information content (AvgIpc) is 3.10. The van der Waals surface area contributed by atoms with Crippen LogP contribution >= 0.6 is 22.7 Å². The Labute approximate surface area is 138 Å². The molecule has 0 atom stereocenters. The fraction of sp³-hybridized carbons (Fsp3) is 0.467. The summed E-state index contributed by atoms with van der Waals surface area (Å²) in [4.78, 5) is 18.4. The van der Waals surface area contributed by atoms with Crippen LogP contribution in [0.4, 0.5) is 5.13 Å². The van der Waals surface area contributed by atoms with Gasteiger partial charge in [-0.3, -0.25) is 4.79 Å². The summed E-state index contributed by atoms with van der Waals surface area (Å²) < 4.78 is 5.39. The fourth-order valence-electron chi connectivity index (χ4n) is 1.95. The Balaban J connectivity index is 1.83. The molecule has 2 aromatic rings. The Morgan fingerprint density at radius 2 is 2.32 bits per heavy atom. The van der Waals surface area contributed by atoms with Gasteiger partial charge in [-0.05, 0) is 31.7 Å². The first-order chi connectivity index (χ1) is 10.6. The highest BCUT2D eigenvalue weighted by molar-refractivity contribution is 7.17. The van der Waals surface area contributed by atoms with Gasteiger partial charge >= 0.3 is 0 Å². The number of nitrogens with two attached hydrogens (primary N) is 1. The van der Waals surface area contributed by atoms with Gasteiger partial charge < -0.3 is 15.8 Å². The van der Waals surface area contributed by atoms with Crippen molar-refractivity contribution < 1.29 is 9.53 Å². The van der Waals surface area contributed by atoms with E-state index >= 15 is 0 Å². The highest BCUT2D eigenvalue weighted by Gasteiger charge is 2.14. The lowest BCUT2D eigenvalue weighted by Gasteiger charge is -2.08. The van der Waals surface area contributed by atoms with E-state index in [1.165, 1.54) is 11.3 Å². The van der Waals surface area contributed by atoms with Crippen LogP contribution in [0, 0.1) is 0 Å². The van der Waals surface area contributed by atoms with Crippen molar-refractivity contribution in [1.29, 1.82) is 0 Å². The molecule has 0 bridgehead atoms. The van der Waals surface area contributed by atoms with Crippen molar-refractivity contribution in [1.82, 2.24) is 10.3 Å². The van der Waals surface area contributed by atoms with E-state index in [1.807, 2.05) is 31.4 Å². The number of thiophene rings is 1. The SMILES string of the molecule is CC(C)OCCNC(=O)CCc1sc(N)nc1-c1cccs1. The number of anilines is 1. The maximum absolute atomic E-state index is 11.9. The quantitative estimate of drug-likeness (QED) is 0.725. The van der Waals surface area contributed by atoms with Crippen molar-refractivity contribution >= 4 is 33.7 Å². The molecule has 1 amide bonds. The van der Waals surface area contributed by atoms with Crippen LogP contribution in [0.2, 0.25) is 0 Å².